The third-order valence-corrected chi connectivity index (χ3v) is 11.7. The van der Waals surface area contributed by atoms with Crippen LogP contribution in [-0.4, -0.2) is 34.9 Å². The van der Waals surface area contributed by atoms with E-state index in [9.17, 15) is 15.0 Å². The van der Waals surface area contributed by atoms with E-state index in [1.165, 1.54) is 218 Å². The Labute approximate surface area is 345 Å². The van der Waals surface area contributed by atoms with Crippen LogP contribution in [0.2, 0.25) is 0 Å². The van der Waals surface area contributed by atoms with Crippen LogP contribution in [0.5, 0.6) is 0 Å². The molecule has 4 heteroatoms. The van der Waals surface area contributed by atoms with E-state index in [0.717, 1.165) is 32.1 Å². The molecular weight excluding hydrogens is 675 g/mol. The summed E-state index contributed by atoms with van der Waals surface area (Å²) in [4.78, 5) is 12.4. The van der Waals surface area contributed by atoms with Crippen LogP contribution >= 0.6 is 0 Å². The molecule has 0 fully saturated rings. The lowest BCUT2D eigenvalue weighted by Crippen LogP contribution is -2.45. The quantitative estimate of drug-likeness (QED) is 0.0426. The molecular formula is C51H99NO3. The number of amides is 1. The second kappa shape index (κ2) is 47.2. The maximum atomic E-state index is 12.4. The van der Waals surface area contributed by atoms with Crippen LogP contribution in [-0.2, 0) is 4.79 Å². The van der Waals surface area contributed by atoms with Crippen LogP contribution < -0.4 is 5.32 Å². The van der Waals surface area contributed by atoms with Crippen LogP contribution in [0, 0.1) is 0 Å². The van der Waals surface area contributed by atoms with Crippen LogP contribution in [0.3, 0.4) is 0 Å². The van der Waals surface area contributed by atoms with Crippen molar-refractivity contribution in [3.63, 3.8) is 0 Å². The molecule has 0 aromatic heterocycles. The molecule has 3 N–H and O–H groups in total. The Morgan fingerprint density at radius 3 is 1.09 bits per heavy atom. The van der Waals surface area contributed by atoms with Crippen molar-refractivity contribution >= 4 is 5.91 Å². The van der Waals surface area contributed by atoms with E-state index in [0.29, 0.717) is 12.8 Å². The van der Waals surface area contributed by atoms with Gasteiger partial charge in [0.15, 0.2) is 0 Å². The molecule has 2 unspecified atom stereocenters. The largest absolute Gasteiger partial charge is 0.394 e. The number of nitrogens with one attached hydrogen (secondary N) is 1. The number of rotatable bonds is 46. The maximum Gasteiger partial charge on any atom is 0.220 e. The van der Waals surface area contributed by atoms with Crippen molar-refractivity contribution in [3.8, 4) is 0 Å². The number of unbranched alkanes of at least 4 members (excludes halogenated alkanes) is 35. The minimum atomic E-state index is -0.660. The van der Waals surface area contributed by atoms with Gasteiger partial charge in [0.25, 0.3) is 0 Å². The average molecular weight is 774 g/mol. The molecule has 0 heterocycles. The first kappa shape index (κ1) is 53.9. The van der Waals surface area contributed by atoms with Gasteiger partial charge in [0.05, 0.1) is 18.8 Å². The summed E-state index contributed by atoms with van der Waals surface area (Å²) in [6.07, 6.45) is 61.3. The van der Waals surface area contributed by atoms with Crippen molar-refractivity contribution in [3.05, 3.63) is 24.3 Å². The fourth-order valence-electron chi connectivity index (χ4n) is 7.86. The van der Waals surface area contributed by atoms with Crippen LogP contribution in [0.15, 0.2) is 24.3 Å². The average Bonchev–Trinajstić information content (AvgIpc) is 3.19. The molecule has 55 heavy (non-hydrogen) atoms. The molecule has 0 radical (unpaired) electrons. The summed E-state index contributed by atoms with van der Waals surface area (Å²) in [5.41, 5.74) is 0. The van der Waals surface area contributed by atoms with E-state index in [4.69, 9.17) is 0 Å². The third kappa shape index (κ3) is 43.8. The highest BCUT2D eigenvalue weighted by molar-refractivity contribution is 5.76. The first-order valence-corrected chi connectivity index (χ1v) is 25.0. The van der Waals surface area contributed by atoms with Gasteiger partial charge in [-0.05, 0) is 44.9 Å². The number of hydrogen-bond acceptors (Lipinski definition) is 3. The summed E-state index contributed by atoms with van der Waals surface area (Å²) < 4.78 is 0. The van der Waals surface area contributed by atoms with Gasteiger partial charge in [-0.2, -0.15) is 0 Å². The lowest BCUT2D eigenvalue weighted by Gasteiger charge is -2.22. The van der Waals surface area contributed by atoms with Gasteiger partial charge in [-0.1, -0.05) is 250 Å². The minimum Gasteiger partial charge on any atom is -0.394 e. The van der Waals surface area contributed by atoms with Gasteiger partial charge >= 0.3 is 0 Å². The molecule has 0 saturated carbocycles. The second-order valence-electron chi connectivity index (χ2n) is 17.2. The van der Waals surface area contributed by atoms with E-state index in [1.807, 2.05) is 0 Å². The van der Waals surface area contributed by atoms with Gasteiger partial charge in [0.2, 0.25) is 5.91 Å². The molecule has 0 aromatic rings. The Hall–Kier alpha value is -1.13. The number of aliphatic hydroxyl groups excluding tert-OH is 2. The molecule has 0 bridgehead atoms. The first-order chi connectivity index (χ1) is 27.2. The number of carbonyl (C=O) groups is 1. The zero-order valence-electron chi connectivity index (χ0n) is 37.5. The molecule has 0 aliphatic heterocycles. The van der Waals surface area contributed by atoms with Gasteiger partial charge in [-0.25, -0.2) is 0 Å². The van der Waals surface area contributed by atoms with Crippen molar-refractivity contribution in [1.29, 1.82) is 0 Å². The van der Waals surface area contributed by atoms with Crippen molar-refractivity contribution in [2.24, 2.45) is 0 Å². The standard InChI is InChI=1S/C51H99NO3/c1-3-5-7-9-11-13-15-17-19-21-23-24-25-26-27-28-29-31-33-35-37-39-41-43-45-47-51(55)52-49(48-53)50(54)46-44-42-40-38-36-34-32-30-22-20-18-16-14-12-10-8-6-4-2/h23-24,26-27,49-50,53-54H,3-22,25,28-48H2,1-2H3,(H,52,55)/b24-23-,27-26-. The summed E-state index contributed by atoms with van der Waals surface area (Å²) in [6.45, 7) is 4.38. The lowest BCUT2D eigenvalue weighted by atomic mass is 10.0. The highest BCUT2D eigenvalue weighted by Crippen LogP contribution is 2.17. The van der Waals surface area contributed by atoms with E-state index in [2.05, 4.69) is 43.5 Å². The summed E-state index contributed by atoms with van der Waals surface area (Å²) >= 11 is 0. The van der Waals surface area contributed by atoms with Gasteiger partial charge in [0, 0.05) is 6.42 Å². The Morgan fingerprint density at radius 1 is 0.436 bits per heavy atom. The molecule has 326 valence electrons. The van der Waals surface area contributed by atoms with Gasteiger partial charge < -0.3 is 15.5 Å². The van der Waals surface area contributed by atoms with Crippen LogP contribution in [0.1, 0.15) is 277 Å². The second-order valence-corrected chi connectivity index (χ2v) is 17.2. The molecule has 1 amide bonds. The highest BCUT2D eigenvalue weighted by atomic mass is 16.3. The Balaban J connectivity index is 3.49. The van der Waals surface area contributed by atoms with Crippen LogP contribution in [0.25, 0.3) is 0 Å². The predicted octanol–water partition coefficient (Wildman–Crippen LogP) is 16.0. The third-order valence-electron chi connectivity index (χ3n) is 11.7. The summed E-state index contributed by atoms with van der Waals surface area (Å²) in [7, 11) is 0. The minimum absolute atomic E-state index is 0.0324. The number of aliphatic hydroxyl groups is 2. The number of allylic oxidation sites excluding steroid dienone is 4. The predicted molar refractivity (Wildman–Crippen MR) is 244 cm³/mol. The molecule has 4 nitrogen and oxygen atoms in total. The molecule has 0 rings (SSSR count). The molecule has 0 aromatic carbocycles. The number of hydrogen-bond donors (Lipinski definition) is 3. The maximum absolute atomic E-state index is 12.4. The molecule has 0 spiro atoms. The van der Waals surface area contributed by atoms with Gasteiger partial charge in [-0.15, -0.1) is 0 Å². The van der Waals surface area contributed by atoms with Crippen molar-refractivity contribution in [1.82, 2.24) is 5.32 Å². The monoisotopic (exact) mass is 774 g/mol. The smallest absolute Gasteiger partial charge is 0.220 e. The van der Waals surface area contributed by atoms with Gasteiger partial charge in [-0.3, -0.25) is 4.79 Å². The highest BCUT2D eigenvalue weighted by Gasteiger charge is 2.20. The summed E-state index contributed by atoms with van der Waals surface area (Å²) in [5, 5.41) is 23.3. The topological polar surface area (TPSA) is 69.6 Å². The molecule has 0 aliphatic carbocycles. The van der Waals surface area contributed by atoms with Crippen LogP contribution in [0.4, 0.5) is 0 Å². The Morgan fingerprint density at radius 2 is 0.745 bits per heavy atom. The fourth-order valence-corrected chi connectivity index (χ4v) is 7.86. The van der Waals surface area contributed by atoms with Crippen molar-refractivity contribution in [2.45, 2.75) is 289 Å². The van der Waals surface area contributed by atoms with E-state index in [-0.39, 0.29) is 12.5 Å². The Kier molecular flexibility index (Phi) is 46.3. The SMILES string of the molecule is CCCCCCCCCCC/C=C\C/C=C\CCCCCCCCCCCC(=O)NC(CO)C(O)CCCCCCCCCCCCCCCCCCCC. The first-order valence-electron chi connectivity index (χ1n) is 25.0. The molecule has 0 aliphatic rings. The molecule has 0 saturated heterocycles. The fraction of sp³-hybridized carbons (Fsp3) is 0.902. The zero-order chi connectivity index (χ0) is 40.0. The number of carbonyl (C=O) groups excluding carboxylic acids is 1. The lowest BCUT2D eigenvalue weighted by molar-refractivity contribution is -0.123. The van der Waals surface area contributed by atoms with Gasteiger partial charge in [0.1, 0.15) is 0 Å². The van der Waals surface area contributed by atoms with Crippen molar-refractivity contribution < 1.29 is 15.0 Å². The zero-order valence-corrected chi connectivity index (χ0v) is 37.5. The van der Waals surface area contributed by atoms with Crippen molar-refractivity contribution in [2.75, 3.05) is 6.61 Å². The Bertz CT molecular complexity index is 795. The van der Waals surface area contributed by atoms with E-state index in [1.54, 1.807) is 0 Å². The summed E-state index contributed by atoms with van der Waals surface area (Å²) in [6, 6.07) is -0.537. The summed E-state index contributed by atoms with van der Waals surface area (Å²) in [5.74, 6) is -0.0324. The molecule has 2 atom stereocenters. The van der Waals surface area contributed by atoms with E-state index < -0.39 is 12.1 Å². The normalized spacial score (nSPS) is 13.0. The van der Waals surface area contributed by atoms with E-state index >= 15 is 0 Å².